The van der Waals surface area contributed by atoms with Gasteiger partial charge < -0.3 is 5.21 Å². The van der Waals surface area contributed by atoms with Crippen molar-refractivity contribution in [3.8, 4) is 0 Å². The second-order valence-electron chi connectivity index (χ2n) is 6.64. The van der Waals surface area contributed by atoms with Gasteiger partial charge in [0.2, 0.25) is 0 Å². The molecule has 3 aromatic rings. The standard InChI is InChI=1S/C24H23NO/c1-17-4-10-20(11-5-17)23(21-12-6-18(2)7-13-21)16-24(25-26)22-14-8-19(3)9-15-22/h4-16,26H,1-3H3/b25-24-. The molecule has 130 valence electrons. The Morgan fingerprint density at radius 1 is 0.615 bits per heavy atom. The lowest BCUT2D eigenvalue weighted by molar-refractivity contribution is 0.320. The molecule has 3 rings (SSSR count). The maximum atomic E-state index is 9.62. The van der Waals surface area contributed by atoms with Crippen molar-refractivity contribution in [1.29, 1.82) is 0 Å². The van der Waals surface area contributed by atoms with E-state index in [1.807, 2.05) is 37.3 Å². The summed E-state index contributed by atoms with van der Waals surface area (Å²) in [7, 11) is 0. The van der Waals surface area contributed by atoms with Crippen molar-refractivity contribution in [1.82, 2.24) is 0 Å². The Hall–Kier alpha value is -3.13. The number of allylic oxidation sites excluding steroid dienone is 1. The molecule has 0 saturated carbocycles. The van der Waals surface area contributed by atoms with E-state index in [0.29, 0.717) is 5.71 Å². The average Bonchev–Trinajstić information content (AvgIpc) is 2.66. The zero-order valence-electron chi connectivity index (χ0n) is 15.4. The van der Waals surface area contributed by atoms with E-state index < -0.39 is 0 Å². The average molecular weight is 341 g/mol. The van der Waals surface area contributed by atoms with Gasteiger partial charge in [0, 0.05) is 5.56 Å². The molecule has 26 heavy (non-hydrogen) atoms. The van der Waals surface area contributed by atoms with Crippen LogP contribution >= 0.6 is 0 Å². The molecule has 0 saturated heterocycles. The van der Waals surface area contributed by atoms with Crippen molar-refractivity contribution >= 4 is 11.3 Å². The van der Waals surface area contributed by atoms with Gasteiger partial charge in [0.05, 0.1) is 0 Å². The van der Waals surface area contributed by atoms with Crippen LogP contribution in [0.15, 0.2) is 84.0 Å². The molecule has 0 heterocycles. The molecular weight excluding hydrogens is 318 g/mol. The maximum Gasteiger partial charge on any atom is 0.110 e. The van der Waals surface area contributed by atoms with E-state index in [9.17, 15) is 5.21 Å². The van der Waals surface area contributed by atoms with Crippen molar-refractivity contribution in [2.24, 2.45) is 5.16 Å². The van der Waals surface area contributed by atoms with Gasteiger partial charge in [-0.25, -0.2) is 0 Å². The van der Waals surface area contributed by atoms with Crippen LogP contribution in [0.25, 0.3) is 5.57 Å². The molecule has 0 amide bonds. The molecular formula is C24H23NO. The highest BCUT2D eigenvalue weighted by Gasteiger charge is 2.09. The number of oxime groups is 1. The summed E-state index contributed by atoms with van der Waals surface area (Å²) in [6.07, 6.45) is 1.94. The highest BCUT2D eigenvalue weighted by molar-refractivity contribution is 6.13. The molecule has 0 radical (unpaired) electrons. The highest BCUT2D eigenvalue weighted by Crippen LogP contribution is 2.25. The van der Waals surface area contributed by atoms with E-state index in [2.05, 4.69) is 67.5 Å². The summed E-state index contributed by atoms with van der Waals surface area (Å²) in [6.45, 7) is 6.19. The minimum Gasteiger partial charge on any atom is -0.410 e. The summed E-state index contributed by atoms with van der Waals surface area (Å²) < 4.78 is 0. The first-order valence-corrected chi connectivity index (χ1v) is 8.72. The van der Waals surface area contributed by atoms with Crippen molar-refractivity contribution in [2.75, 3.05) is 0 Å². The summed E-state index contributed by atoms with van der Waals surface area (Å²) in [5, 5.41) is 13.2. The second-order valence-corrected chi connectivity index (χ2v) is 6.64. The van der Waals surface area contributed by atoms with Gasteiger partial charge in [-0.05, 0) is 43.5 Å². The Morgan fingerprint density at radius 2 is 0.962 bits per heavy atom. The van der Waals surface area contributed by atoms with Crippen LogP contribution in [0, 0.1) is 20.8 Å². The van der Waals surface area contributed by atoms with E-state index in [-0.39, 0.29) is 0 Å². The first-order valence-electron chi connectivity index (χ1n) is 8.72. The number of benzene rings is 3. The van der Waals surface area contributed by atoms with Gasteiger partial charge in [0.15, 0.2) is 0 Å². The number of rotatable bonds is 4. The van der Waals surface area contributed by atoms with Gasteiger partial charge in [-0.3, -0.25) is 0 Å². The number of hydrogen-bond donors (Lipinski definition) is 1. The topological polar surface area (TPSA) is 32.6 Å². The van der Waals surface area contributed by atoms with Crippen molar-refractivity contribution in [3.63, 3.8) is 0 Å². The molecule has 0 aliphatic heterocycles. The third kappa shape index (κ3) is 4.09. The second kappa shape index (κ2) is 7.83. The van der Waals surface area contributed by atoms with Crippen LogP contribution in [0.3, 0.4) is 0 Å². The lowest BCUT2D eigenvalue weighted by atomic mass is 9.94. The van der Waals surface area contributed by atoms with Gasteiger partial charge in [0.1, 0.15) is 5.71 Å². The molecule has 0 bridgehead atoms. The zero-order chi connectivity index (χ0) is 18.5. The number of nitrogens with zero attached hydrogens (tertiary/aromatic N) is 1. The first kappa shape index (κ1) is 17.7. The summed E-state index contributed by atoms with van der Waals surface area (Å²) in [6, 6.07) is 24.8. The van der Waals surface area contributed by atoms with Crippen LogP contribution in [-0.2, 0) is 0 Å². The van der Waals surface area contributed by atoms with E-state index in [0.717, 1.165) is 22.3 Å². The van der Waals surface area contributed by atoms with Crippen LogP contribution in [0.5, 0.6) is 0 Å². The minimum atomic E-state index is 0.543. The molecule has 0 spiro atoms. The SMILES string of the molecule is Cc1ccc(C(=C/C(=N/O)c2ccc(C)cc2)c2ccc(C)cc2)cc1. The Balaban J connectivity index is 2.12. The molecule has 2 nitrogen and oxygen atoms in total. The smallest absolute Gasteiger partial charge is 0.110 e. The predicted molar refractivity (Wildman–Crippen MR) is 109 cm³/mol. The first-order chi connectivity index (χ1) is 12.6. The molecule has 0 unspecified atom stereocenters. The van der Waals surface area contributed by atoms with Gasteiger partial charge in [-0.2, -0.15) is 0 Å². The molecule has 1 N–H and O–H groups in total. The molecule has 0 atom stereocenters. The van der Waals surface area contributed by atoms with Gasteiger partial charge >= 0.3 is 0 Å². The molecule has 0 aliphatic rings. The number of hydrogen-bond acceptors (Lipinski definition) is 2. The number of aryl methyl sites for hydroxylation is 3. The van der Waals surface area contributed by atoms with Crippen LogP contribution in [0.4, 0.5) is 0 Å². The summed E-state index contributed by atoms with van der Waals surface area (Å²) in [5.74, 6) is 0. The summed E-state index contributed by atoms with van der Waals surface area (Å²) >= 11 is 0. The lowest BCUT2D eigenvalue weighted by Crippen LogP contribution is -2.00. The fourth-order valence-electron chi connectivity index (χ4n) is 2.83. The van der Waals surface area contributed by atoms with Crippen molar-refractivity contribution in [3.05, 3.63) is 112 Å². The van der Waals surface area contributed by atoms with Gasteiger partial charge in [-0.15, -0.1) is 0 Å². The maximum absolute atomic E-state index is 9.62. The van der Waals surface area contributed by atoms with Gasteiger partial charge in [-0.1, -0.05) is 94.6 Å². The Morgan fingerprint density at radius 3 is 1.31 bits per heavy atom. The summed E-state index contributed by atoms with van der Waals surface area (Å²) in [5.41, 5.74) is 8.24. The Kier molecular flexibility index (Phi) is 5.33. The van der Waals surface area contributed by atoms with E-state index >= 15 is 0 Å². The van der Waals surface area contributed by atoms with Crippen molar-refractivity contribution in [2.45, 2.75) is 20.8 Å². The fourth-order valence-corrected chi connectivity index (χ4v) is 2.83. The lowest BCUT2D eigenvalue weighted by Gasteiger charge is -2.11. The molecule has 3 aromatic carbocycles. The van der Waals surface area contributed by atoms with Crippen LogP contribution in [0.2, 0.25) is 0 Å². The highest BCUT2D eigenvalue weighted by atomic mass is 16.4. The normalized spacial score (nSPS) is 11.3. The van der Waals surface area contributed by atoms with Crippen LogP contribution in [-0.4, -0.2) is 10.9 Å². The minimum absolute atomic E-state index is 0.543. The third-order valence-corrected chi connectivity index (χ3v) is 4.46. The molecule has 0 aromatic heterocycles. The molecule has 0 fully saturated rings. The Bertz CT molecular complexity index is 884. The van der Waals surface area contributed by atoms with E-state index in [1.165, 1.54) is 16.7 Å². The van der Waals surface area contributed by atoms with Crippen molar-refractivity contribution < 1.29 is 5.21 Å². The molecule has 0 aliphatic carbocycles. The fraction of sp³-hybridized carbons (Fsp3) is 0.125. The molecule has 2 heteroatoms. The summed E-state index contributed by atoms with van der Waals surface area (Å²) in [4.78, 5) is 0. The quantitative estimate of drug-likeness (QED) is 0.356. The zero-order valence-corrected chi connectivity index (χ0v) is 15.4. The largest absolute Gasteiger partial charge is 0.410 e. The third-order valence-electron chi connectivity index (χ3n) is 4.46. The Labute approximate surface area is 155 Å². The van der Waals surface area contributed by atoms with Crippen LogP contribution in [0.1, 0.15) is 33.4 Å². The monoisotopic (exact) mass is 341 g/mol. The van der Waals surface area contributed by atoms with Crippen LogP contribution < -0.4 is 0 Å². The van der Waals surface area contributed by atoms with E-state index in [1.54, 1.807) is 0 Å². The predicted octanol–water partition coefficient (Wildman–Crippen LogP) is 5.92. The van der Waals surface area contributed by atoms with Gasteiger partial charge in [0.25, 0.3) is 0 Å². The van der Waals surface area contributed by atoms with E-state index in [4.69, 9.17) is 0 Å².